The highest BCUT2D eigenvalue weighted by Crippen LogP contribution is 2.47. The maximum Gasteiger partial charge on any atom is 0.332 e. The van der Waals surface area contributed by atoms with Crippen LogP contribution in [0.15, 0.2) is 24.3 Å². The van der Waals surface area contributed by atoms with Crippen molar-refractivity contribution < 1.29 is 14.4 Å². The summed E-state index contributed by atoms with van der Waals surface area (Å²) < 4.78 is 0. The number of amides is 4. The van der Waals surface area contributed by atoms with Crippen LogP contribution in [0.4, 0.5) is 10.5 Å². The Morgan fingerprint density at radius 3 is 2.27 bits per heavy atom. The summed E-state index contributed by atoms with van der Waals surface area (Å²) in [6.45, 7) is 3.89. The van der Waals surface area contributed by atoms with Crippen LogP contribution in [0, 0.1) is 6.42 Å². The quantitative estimate of drug-likeness (QED) is 0.576. The van der Waals surface area contributed by atoms with Gasteiger partial charge in [-0.15, -0.1) is 0 Å². The van der Waals surface area contributed by atoms with Gasteiger partial charge in [-0.05, 0) is 81.3 Å². The smallest absolute Gasteiger partial charge is 0.332 e. The number of imide groups is 1. The number of urea groups is 1. The summed E-state index contributed by atoms with van der Waals surface area (Å²) in [4.78, 5) is 43.1. The zero-order valence-corrected chi connectivity index (χ0v) is 17.3. The fourth-order valence-corrected chi connectivity index (χ4v) is 5.71. The van der Waals surface area contributed by atoms with Gasteiger partial charge in [-0.1, -0.05) is 18.6 Å². The Hall–Kier alpha value is -2.41. The molecule has 1 aliphatic carbocycles. The third kappa shape index (κ3) is 2.71. The van der Waals surface area contributed by atoms with E-state index in [9.17, 15) is 14.4 Å². The second kappa shape index (κ2) is 7.08. The lowest BCUT2D eigenvalue weighted by atomic mass is 9.62. The van der Waals surface area contributed by atoms with Crippen molar-refractivity contribution in [1.82, 2.24) is 9.80 Å². The number of nitrogens with two attached hydrogens (primary N) is 1. The molecule has 1 atom stereocenters. The van der Waals surface area contributed by atoms with Gasteiger partial charge in [-0.25, -0.2) is 9.69 Å². The third-order valence-corrected chi connectivity index (χ3v) is 7.70. The van der Waals surface area contributed by atoms with Crippen molar-refractivity contribution in [3.8, 4) is 0 Å². The molecule has 1 saturated carbocycles. The monoisotopic (exact) mass is 409 g/mol. The van der Waals surface area contributed by atoms with Crippen LogP contribution in [-0.4, -0.2) is 59.4 Å². The fraction of sp³-hybridized carbons (Fsp3) is 0.565. The first-order valence-electron chi connectivity index (χ1n) is 11.1. The molecule has 1 aromatic rings. The van der Waals surface area contributed by atoms with E-state index in [-0.39, 0.29) is 5.41 Å². The van der Waals surface area contributed by atoms with Crippen molar-refractivity contribution in [2.24, 2.45) is 5.73 Å². The molecule has 2 N–H and O–H groups in total. The number of anilines is 1. The first-order valence-corrected chi connectivity index (χ1v) is 11.1. The lowest BCUT2D eigenvalue weighted by molar-refractivity contribution is -0.134. The Morgan fingerprint density at radius 2 is 1.70 bits per heavy atom. The van der Waals surface area contributed by atoms with Gasteiger partial charge in [0.05, 0.1) is 5.69 Å². The molecule has 5 rings (SSSR count). The summed E-state index contributed by atoms with van der Waals surface area (Å²) in [7, 11) is 0. The van der Waals surface area contributed by atoms with Crippen molar-refractivity contribution in [3.63, 3.8) is 0 Å². The van der Waals surface area contributed by atoms with E-state index < -0.39 is 23.4 Å². The molecule has 3 heterocycles. The van der Waals surface area contributed by atoms with Crippen LogP contribution >= 0.6 is 0 Å². The number of carbonyl (C=O) groups excluding carboxylic acids is 3. The molecular weight excluding hydrogens is 380 g/mol. The van der Waals surface area contributed by atoms with Crippen LogP contribution < -0.4 is 10.6 Å². The first-order chi connectivity index (χ1) is 14.5. The molecule has 0 aromatic heterocycles. The second-order valence-electron chi connectivity index (χ2n) is 9.18. The van der Waals surface area contributed by atoms with E-state index in [0.717, 1.165) is 17.9 Å². The van der Waals surface area contributed by atoms with Crippen LogP contribution in [0.1, 0.15) is 50.5 Å². The van der Waals surface area contributed by atoms with Crippen molar-refractivity contribution in [2.75, 3.05) is 31.1 Å². The van der Waals surface area contributed by atoms with E-state index >= 15 is 0 Å². The summed E-state index contributed by atoms with van der Waals surface area (Å²) in [5, 5.41) is 0. The van der Waals surface area contributed by atoms with Crippen molar-refractivity contribution >= 4 is 23.5 Å². The zero-order chi connectivity index (χ0) is 20.9. The Bertz CT molecular complexity index is 873. The first kappa shape index (κ1) is 19.5. The number of primary amides is 1. The van der Waals surface area contributed by atoms with Gasteiger partial charge in [-0.3, -0.25) is 9.59 Å². The SMILES string of the molecule is NC(=O)[C@]12[CH]CCN1C(=O)N(c1ccc(C3(CCN4CCCC4)CCC3)cc1)C2=O. The van der Waals surface area contributed by atoms with Crippen LogP contribution in [0.5, 0.6) is 0 Å². The van der Waals surface area contributed by atoms with Crippen molar-refractivity contribution in [1.29, 1.82) is 0 Å². The molecule has 4 fully saturated rings. The van der Waals surface area contributed by atoms with Gasteiger partial charge in [0.15, 0.2) is 0 Å². The number of hydrogen-bond donors (Lipinski definition) is 1. The molecule has 0 unspecified atom stereocenters. The number of hydrogen-bond acceptors (Lipinski definition) is 4. The third-order valence-electron chi connectivity index (χ3n) is 7.70. The molecule has 1 radical (unpaired) electrons. The van der Waals surface area contributed by atoms with Crippen molar-refractivity contribution in [2.45, 2.75) is 55.9 Å². The predicted molar refractivity (Wildman–Crippen MR) is 113 cm³/mol. The molecule has 7 nitrogen and oxygen atoms in total. The zero-order valence-electron chi connectivity index (χ0n) is 17.3. The Balaban J connectivity index is 1.36. The molecule has 7 heteroatoms. The fourth-order valence-electron chi connectivity index (χ4n) is 5.71. The average Bonchev–Trinajstić information content (AvgIpc) is 3.41. The standard InChI is InChI=1S/C23H29N4O3/c24-19(28)23-11-4-15-26(23)21(30)27(20(23)29)18-7-5-17(6-8-18)22(9-3-10-22)12-16-25-13-1-2-14-25/h5-8,11H,1-4,9-10,12-16H2,(H2,24,28)/t23-/m0/s1. The van der Waals surface area contributed by atoms with Gasteiger partial charge in [0.25, 0.3) is 11.8 Å². The van der Waals surface area contributed by atoms with Crippen LogP contribution in [0.3, 0.4) is 0 Å². The normalized spacial score (nSPS) is 28.1. The maximum atomic E-state index is 13.1. The Kier molecular flexibility index (Phi) is 4.61. The number of likely N-dealkylation sites (tertiary alicyclic amines) is 1. The average molecular weight is 410 g/mol. The minimum absolute atomic E-state index is 0.211. The number of carbonyl (C=O) groups is 3. The van der Waals surface area contributed by atoms with Crippen molar-refractivity contribution in [3.05, 3.63) is 36.2 Å². The highest BCUT2D eigenvalue weighted by atomic mass is 16.2. The molecule has 0 bridgehead atoms. The van der Waals surface area contributed by atoms with E-state index in [1.165, 1.54) is 55.7 Å². The molecule has 0 spiro atoms. The second-order valence-corrected chi connectivity index (χ2v) is 9.18. The summed E-state index contributed by atoms with van der Waals surface area (Å²) >= 11 is 0. The Labute approximate surface area is 177 Å². The minimum atomic E-state index is -1.62. The Morgan fingerprint density at radius 1 is 1.00 bits per heavy atom. The van der Waals surface area contributed by atoms with Crippen LogP contribution in [0.2, 0.25) is 0 Å². The minimum Gasteiger partial charge on any atom is -0.367 e. The van der Waals surface area contributed by atoms with Crippen LogP contribution in [-0.2, 0) is 15.0 Å². The van der Waals surface area contributed by atoms with Gasteiger partial charge >= 0.3 is 6.03 Å². The highest BCUT2D eigenvalue weighted by Gasteiger charge is 2.64. The van der Waals surface area contributed by atoms with Gasteiger partial charge in [-0.2, -0.15) is 0 Å². The van der Waals surface area contributed by atoms with E-state index in [2.05, 4.69) is 17.0 Å². The van der Waals surface area contributed by atoms with Gasteiger partial charge < -0.3 is 15.5 Å². The summed E-state index contributed by atoms with van der Waals surface area (Å²) in [6.07, 6.45) is 9.46. The largest absolute Gasteiger partial charge is 0.367 e. The molecule has 4 amide bonds. The summed E-state index contributed by atoms with van der Waals surface area (Å²) in [5.74, 6) is -1.34. The lowest BCUT2D eigenvalue weighted by Gasteiger charge is -2.43. The number of nitrogens with zero attached hydrogens (tertiary/aromatic N) is 3. The lowest BCUT2D eigenvalue weighted by Crippen LogP contribution is -2.55. The molecule has 3 aliphatic heterocycles. The van der Waals surface area contributed by atoms with E-state index in [4.69, 9.17) is 5.73 Å². The molecule has 1 aromatic carbocycles. The van der Waals surface area contributed by atoms with Gasteiger partial charge in [0, 0.05) is 13.0 Å². The number of rotatable bonds is 6. The van der Waals surface area contributed by atoms with E-state index in [0.29, 0.717) is 18.7 Å². The molecular formula is C23H29N4O3. The molecule has 4 aliphatic rings. The van der Waals surface area contributed by atoms with Crippen LogP contribution in [0.25, 0.3) is 0 Å². The topological polar surface area (TPSA) is 86.9 Å². The highest BCUT2D eigenvalue weighted by molar-refractivity contribution is 6.32. The number of fused-ring (bicyclic) bond motifs is 1. The van der Waals surface area contributed by atoms with Gasteiger partial charge in [0.1, 0.15) is 0 Å². The molecule has 30 heavy (non-hydrogen) atoms. The van der Waals surface area contributed by atoms with E-state index in [1.54, 1.807) is 6.42 Å². The molecule has 3 saturated heterocycles. The molecule has 159 valence electrons. The summed E-state index contributed by atoms with van der Waals surface area (Å²) in [6, 6.07) is 7.34. The predicted octanol–water partition coefficient (Wildman–Crippen LogP) is 2.19. The maximum absolute atomic E-state index is 13.1. The van der Waals surface area contributed by atoms with E-state index in [1.807, 2.05) is 12.1 Å². The number of benzene rings is 1. The van der Waals surface area contributed by atoms with Gasteiger partial charge in [0.2, 0.25) is 5.54 Å². The summed E-state index contributed by atoms with van der Waals surface area (Å²) in [5.41, 5.74) is 5.92.